The molecule has 0 radical (unpaired) electrons. The fourth-order valence-corrected chi connectivity index (χ4v) is 1.95. The van der Waals surface area contributed by atoms with Crippen molar-refractivity contribution in [3.8, 4) is 0 Å². The van der Waals surface area contributed by atoms with Gasteiger partial charge in [-0.25, -0.2) is 4.98 Å². The Morgan fingerprint density at radius 2 is 2.06 bits per heavy atom. The third-order valence-electron chi connectivity index (χ3n) is 2.81. The van der Waals surface area contributed by atoms with Crippen LogP contribution in [0.15, 0.2) is 36.8 Å². The average molecular weight is 228 g/mol. The van der Waals surface area contributed by atoms with Crippen molar-refractivity contribution in [1.82, 2.24) is 9.97 Å². The molecule has 1 aromatic carbocycles. The predicted octanol–water partition coefficient (Wildman–Crippen LogP) is 1.38. The first-order valence-electron chi connectivity index (χ1n) is 5.46. The summed E-state index contributed by atoms with van der Waals surface area (Å²) in [5.41, 5.74) is 2.73. The van der Waals surface area contributed by atoms with Crippen molar-refractivity contribution in [2.24, 2.45) is 0 Å². The standard InChI is InChI=1S/C12H12N4O/c17-12-11(5-8-6-13-7-14-8)15-9-3-1-2-4-10(9)16-12/h1-4,6-7,11,15H,5H2,(H,13,14)(H,16,17)/t11-/m1/s1. The fraction of sp³-hybridized carbons (Fsp3) is 0.167. The van der Waals surface area contributed by atoms with Gasteiger partial charge in [0.15, 0.2) is 0 Å². The van der Waals surface area contributed by atoms with Crippen LogP contribution in [0.1, 0.15) is 5.69 Å². The first-order valence-corrected chi connectivity index (χ1v) is 5.46. The van der Waals surface area contributed by atoms with Gasteiger partial charge in [0, 0.05) is 18.3 Å². The van der Waals surface area contributed by atoms with E-state index in [0.29, 0.717) is 6.42 Å². The number of benzene rings is 1. The van der Waals surface area contributed by atoms with E-state index < -0.39 is 0 Å². The van der Waals surface area contributed by atoms with Crippen molar-refractivity contribution in [1.29, 1.82) is 0 Å². The van der Waals surface area contributed by atoms with Crippen LogP contribution in [0, 0.1) is 0 Å². The van der Waals surface area contributed by atoms with Crippen LogP contribution in [-0.4, -0.2) is 21.9 Å². The molecule has 5 heteroatoms. The van der Waals surface area contributed by atoms with E-state index >= 15 is 0 Å². The number of aromatic amines is 1. The Hall–Kier alpha value is -2.30. The second kappa shape index (κ2) is 3.93. The maximum absolute atomic E-state index is 11.9. The molecule has 0 saturated carbocycles. The van der Waals surface area contributed by atoms with Crippen molar-refractivity contribution in [3.05, 3.63) is 42.5 Å². The van der Waals surface area contributed by atoms with E-state index in [2.05, 4.69) is 20.6 Å². The van der Waals surface area contributed by atoms with E-state index in [0.717, 1.165) is 17.1 Å². The van der Waals surface area contributed by atoms with Crippen molar-refractivity contribution in [3.63, 3.8) is 0 Å². The highest BCUT2D eigenvalue weighted by molar-refractivity contribution is 6.02. The Bertz CT molecular complexity index is 535. The van der Waals surface area contributed by atoms with Gasteiger partial charge in [0.2, 0.25) is 5.91 Å². The van der Waals surface area contributed by atoms with Crippen LogP contribution in [0.2, 0.25) is 0 Å². The number of hydrogen-bond donors (Lipinski definition) is 3. The molecular formula is C12H12N4O. The Morgan fingerprint density at radius 3 is 2.82 bits per heavy atom. The number of carbonyl (C=O) groups is 1. The molecule has 3 N–H and O–H groups in total. The number of imidazole rings is 1. The molecule has 2 aromatic rings. The smallest absolute Gasteiger partial charge is 0.247 e. The summed E-state index contributed by atoms with van der Waals surface area (Å²) in [6.07, 6.45) is 3.94. The fourth-order valence-electron chi connectivity index (χ4n) is 1.95. The Kier molecular flexibility index (Phi) is 2.29. The summed E-state index contributed by atoms with van der Waals surface area (Å²) in [5.74, 6) is -0.0155. The molecule has 0 spiro atoms. The molecule has 1 aliphatic rings. The van der Waals surface area contributed by atoms with Crippen molar-refractivity contribution < 1.29 is 4.79 Å². The summed E-state index contributed by atoms with van der Waals surface area (Å²) in [7, 11) is 0. The third kappa shape index (κ3) is 1.87. The zero-order valence-electron chi connectivity index (χ0n) is 9.10. The van der Waals surface area contributed by atoms with Gasteiger partial charge in [-0.2, -0.15) is 0 Å². The number of carbonyl (C=O) groups excluding carboxylic acids is 1. The lowest BCUT2D eigenvalue weighted by Crippen LogP contribution is -2.40. The lowest BCUT2D eigenvalue weighted by molar-refractivity contribution is -0.117. The second-order valence-corrected chi connectivity index (χ2v) is 4.01. The highest BCUT2D eigenvalue weighted by Crippen LogP contribution is 2.26. The molecule has 0 bridgehead atoms. The second-order valence-electron chi connectivity index (χ2n) is 4.01. The third-order valence-corrected chi connectivity index (χ3v) is 2.81. The van der Waals surface area contributed by atoms with Gasteiger partial charge in [-0.3, -0.25) is 4.79 Å². The highest BCUT2D eigenvalue weighted by atomic mass is 16.2. The summed E-state index contributed by atoms with van der Waals surface area (Å²) in [4.78, 5) is 18.8. The van der Waals surface area contributed by atoms with Crippen LogP contribution in [0.4, 0.5) is 11.4 Å². The lowest BCUT2D eigenvalue weighted by Gasteiger charge is -2.26. The quantitative estimate of drug-likeness (QED) is 0.727. The molecule has 3 rings (SSSR count). The van der Waals surface area contributed by atoms with Crippen LogP contribution in [-0.2, 0) is 11.2 Å². The molecule has 0 aliphatic carbocycles. The molecular weight excluding hydrogens is 216 g/mol. The Balaban J connectivity index is 1.82. The van der Waals surface area contributed by atoms with Gasteiger partial charge < -0.3 is 15.6 Å². The van der Waals surface area contributed by atoms with E-state index in [1.807, 2.05) is 24.3 Å². The van der Waals surface area contributed by atoms with Crippen molar-refractivity contribution in [2.45, 2.75) is 12.5 Å². The maximum Gasteiger partial charge on any atom is 0.247 e. The molecule has 5 nitrogen and oxygen atoms in total. The molecule has 0 saturated heterocycles. The van der Waals surface area contributed by atoms with E-state index in [1.54, 1.807) is 12.5 Å². The zero-order chi connectivity index (χ0) is 11.7. The maximum atomic E-state index is 11.9. The van der Waals surface area contributed by atoms with Crippen LogP contribution in [0.3, 0.4) is 0 Å². The molecule has 0 fully saturated rings. The number of fused-ring (bicyclic) bond motifs is 1. The summed E-state index contributed by atoms with van der Waals surface area (Å²) in [5, 5.41) is 6.11. The number of rotatable bonds is 2. The van der Waals surface area contributed by atoms with E-state index in [4.69, 9.17) is 0 Å². The van der Waals surface area contributed by atoms with Crippen LogP contribution >= 0.6 is 0 Å². The van der Waals surface area contributed by atoms with E-state index in [9.17, 15) is 4.79 Å². The molecule has 1 aromatic heterocycles. The molecule has 86 valence electrons. The molecule has 2 heterocycles. The van der Waals surface area contributed by atoms with Gasteiger partial charge in [-0.1, -0.05) is 12.1 Å². The monoisotopic (exact) mass is 228 g/mol. The largest absolute Gasteiger partial charge is 0.372 e. The van der Waals surface area contributed by atoms with E-state index in [-0.39, 0.29) is 11.9 Å². The average Bonchev–Trinajstić information content (AvgIpc) is 2.83. The molecule has 1 aliphatic heterocycles. The minimum atomic E-state index is -0.259. The molecule has 0 unspecified atom stereocenters. The van der Waals surface area contributed by atoms with Crippen LogP contribution in [0.25, 0.3) is 0 Å². The topological polar surface area (TPSA) is 69.8 Å². The van der Waals surface area contributed by atoms with Gasteiger partial charge >= 0.3 is 0 Å². The lowest BCUT2D eigenvalue weighted by atomic mass is 10.1. The number of nitrogens with zero attached hydrogens (tertiary/aromatic N) is 1. The SMILES string of the molecule is O=C1Nc2ccccc2N[C@@H]1Cc1cnc[nH]1. The number of hydrogen-bond acceptors (Lipinski definition) is 3. The van der Waals surface area contributed by atoms with Gasteiger partial charge in [0.25, 0.3) is 0 Å². The number of para-hydroxylation sites is 2. The molecule has 1 atom stereocenters. The summed E-state index contributed by atoms with van der Waals surface area (Å²) in [6, 6.07) is 7.42. The normalized spacial score (nSPS) is 18.1. The Labute approximate surface area is 98.3 Å². The minimum Gasteiger partial charge on any atom is -0.372 e. The van der Waals surface area contributed by atoms with Gasteiger partial charge in [-0.15, -0.1) is 0 Å². The first-order chi connectivity index (χ1) is 8.33. The number of anilines is 2. The van der Waals surface area contributed by atoms with Crippen LogP contribution in [0.5, 0.6) is 0 Å². The first kappa shape index (κ1) is 9.89. The van der Waals surface area contributed by atoms with E-state index in [1.165, 1.54) is 0 Å². The number of nitrogens with one attached hydrogen (secondary N) is 3. The summed E-state index contributed by atoms with van der Waals surface area (Å²) in [6.45, 7) is 0. The van der Waals surface area contributed by atoms with Crippen molar-refractivity contribution >= 4 is 17.3 Å². The number of amides is 1. The van der Waals surface area contributed by atoms with Gasteiger partial charge in [-0.05, 0) is 12.1 Å². The predicted molar refractivity (Wildman–Crippen MR) is 64.8 cm³/mol. The highest BCUT2D eigenvalue weighted by Gasteiger charge is 2.25. The molecule has 1 amide bonds. The Morgan fingerprint density at radius 1 is 1.24 bits per heavy atom. The number of H-pyrrole nitrogens is 1. The van der Waals surface area contributed by atoms with Gasteiger partial charge in [0.05, 0.1) is 17.7 Å². The van der Waals surface area contributed by atoms with Crippen LogP contribution < -0.4 is 10.6 Å². The van der Waals surface area contributed by atoms with Gasteiger partial charge in [0.1, 0.15) is 6.04 Å². The zero-order valence-corrected chi connectivity index (χ0v) is 9.10. The summed E-state index contributed by atoms with van der Waals surface area (Å²) >= 11 is 0. The summed E-state index contributed by atoms with van der Waals surface area (Å²) < 4.78 is 0. The van der Waals surface area contributed by atoms with Crippen molar-refractivity contribution in [2.75, 3.05) is 10.6 Å². The minimum absolute atomic E-state index is 0.0155. The molecule has 17 heavy (non-hydrogen) atoms. The number of aromatic nitrogens is 2.